The Bertz CT molecular complexity index is 638. The molecule has 0 aromatic carbocycles. The van der Waals surface area contributed by atoms with Crippen molar-refractivity contribution in [1.29, 1.82) is 0 Å². The van der Waals surface area contributed by atoms with Gasteiger partial charge in [0.1, 0.15) is 5.82 Å². The first-order valence-electron chi connectivity index (χ1n) is 5.91. The van der Waals surface area contributed by atoms with E-state index in [-0.39, 0.29) is 25.9 Å². The zero-order valence-electron chi connectivity index (χ0n) is 12.0. The largest absolute Gasteiger partial charge is 1.00 e. The van der Waals surface area contributed by atoms with Crippen molar-refractivity contribution in [2.45, 2.75) is 19.4 Å². The maximum absolute atomic E-state index is 10.8. The van der Waals surface area contributed by atoms with Crippen molar-refractivity contribution in [1.82, 2.24) is 9.97 Å². The minimum Gasteiger partial charge on any atom is -1.00 e. The van der Waals surface area contributed by atoms with Crippen molar-refractivity contribution in [3.05, 3.63) is 30.1 Å². The second kappa shape index (κ2) is 5.20. The Morgan fingerprint density at radius 2 is 2.21 bits per heavy atom. The Kier molecular flexibility index (Phi) is 3.79. The summed E-state index contributed by atoms with van der Waals surface area (Å²) < 4.78 is 0. The van der Waals surface area contributed by atoms with Gasteiger partial charge in [-0.2, -0.15) is 0 Å². The van der Waals surface area contributed by atoms with Gasteiger partial charge < -0.3 is 11.4 Å². The van der Waals surface area contributed by atoms with Crippen LogP contribution in [0.25, 0.3) is 10.9 Å². The molecule has 1 aliphatic heterocycles. The Hall–Kier alpha value is -1.57. The van der Waals surface area contributed by atoms with Crippen molar-refractivity contribution >= 4 is 22.7 Å². The minimum atomic E-state index is -0.968. The number of fused-ring (bicyclic) bond motifs is 1. The molecular formula is C13H14LiN3O2. The van der Waals surface area contributed by atoms with Crippen LogP contribution in [-0.4, -0.2) is 33.6 Å². The maximum Gasteiger partial charge on any atom is 1.00 e. The van der Waals surface area contributed by atoms with Crippen molar-refractivity contribution in [3.63, 3.8) is 0 Å². The normalized spacial score (nSPS) is 17.7. The molecule has 0 aliphatic carbocycles. The molecule has 2 aromatic rings. The van der Waals surface area contributed by atoms with E-state index in [2.05, 4.69) is 21.8 Å². The molecule has 94 valence electrons. The molecule has 1 atom stereocenters. The Morgan fingerprint density at radius 3 is 2.79 bits per heavy atom. The van der Waals surface area contributed by atoms with Crippen molar-refractivity contribution < 1.29 is 30.2 Å². The van der Waals surface area contributed by atoms with E-state index in [0.29, 0.717) is 6.04 Å². The van der Waals surface area contributed by atoms with Crippen LogP contribution in [0.5, 0.6) is 0 Å². The van der Waals surface area contributed by atoms with E-state index in [0.717, 1.165) is 23.3 Å². The Morgan fingerprint density at radius 1 is 1.42 bits per heavy atom. The van der Waals surface area contributed by atoms with Crippen molar-refractivity contribution in [3.8, 4) is 0 Å². The fourth-order valence-corrected chi connectivity index (χ4v) is 2.14. The van der Waals surface area contributed by atoms with Crippen LogP contribution in [0.15, 0.2) is 24.5 Å². The van der Waals surface area contributed by atoms with Gasteiger partial charge in [-0.15, -0.1) is 0 Å². The van der Waals surface area contributed by atoms with Crippen LogP contribution in [0.2, 0.25) is 0 Å². The zero-order chi connectivity index (χ0) is 12.7. The van der Waals surface area contributed by atoms with E-state index in [1.165, 1.54) is 12.6 Å². The molecule has 1 aliphatic rings. The number of aromatic nitrogens is 2. The summed E-state index contributed by atoms with van der Waals surface area (Å²) in [7, 11) is 0. The van der Waals surface area contributed by atoms with E-state index < -0.39 is 5.97 Å². The molecule has 2 aromatic heterocycles. The van der Waals surface area contributed by atoms with Gasteiger partial charge in [-0.1, -0.05) is 0 Å². The third-order valence-electron chi connectivity index (χ3n) is 3.41. The average molecular weight is 251 g/mol. The monoisotopic (exact) mass is 251 g/mol. The third-order valence-corrected chi connectivity index (χ3v) is 3.41. The molecule has 19 heavy (non-hydrogen) atoms. The van der Waals surface area contributed by atoms with Crippen LogP contribution in [0.1, 0.15) is 25.1 Å². The number of nitrogens with zero attached hydrogens (tertiary/aromatic N) is 3. The molecule has 6 heteroatoms. The summed E-state index contributed by atoms with van der Waals surface area (Å²) in [5, 5.41) is 9.66. The van der Waals surface area contributed by atoms with Gasteiger partial charge >= 0.3 is 24.8 Å². The molecule has 0 unspecified atom stereocenters. The molecule has 0 bridgehead atoms. The average Bonchev–Trinajstić information content (AvgIpc) is 2.36. The van der Waals surface area contributed by atoms with Crippen molar-refractivity contribution in [2.75, 3.05) is 11.4 Å². The molecule has 1 saturated heterocycles. The van der Waals surface area contributed by atoms with E-state index >= 15 is 0 Å². The van der Waals surface area contributed by atoms with E-state index in [1.807, 2.05) is 6.07 Å². The molecule has 1 fully saturated rings. The van der Waals surface area contributed by atoms with Gasteiger partial charge in [-0.05, 0) is 19.4 Å². The summed E-state index contributed by atoms with van der Waals surface area (Å²) in [5.74, 6) is -0.0540. The van der Waals surface area contributed by atoms with Crippen LogP contribution in [-0.2, 0) is 0 Å². The molecule has 0 amide bonds. The zero-order valence-corrected chi connectivity index (χ0v) is 11.0. The van der Waals surface area contributed by atoms with Gasteiger partial charge in [0.25, 0.3) is 0 Å². The van der Waals surface area contributed by atoms with E-state index in [4.69, 9.17) is 5.11 Å². The first-order chi connectivity index (χ1) is 8.65. The topological polar surface area (TPSA) is 66.3 Å². The van der Waals surface area contributed by atoms with Crippen molar-refractivity contribution in [2.24, 2.45) is 0 Å². The summed E-state index contributed by atoms with van der Waals surface area (Å²) in [6.45, 7) is 3.18. The summed E-state index contributed by atoms with van der Waals surface area (Å²) >= 11 is 0. The van der Waals surface area contributed by atoms with Gasteiger partial charge in [0.05, 0.1) is 11.1 Å². The number of hydrogen-bond acceptors (Lipinski definition) is 4. The fraction of sp³-hybridized carbons (Fsp3) is 0.308. The quantitative estimate of drug-likeness (QED) is 0.697. The number of anilines is 1. The Balaban J connectivity index is 0.000001000. The molecule has 3 heterocycles. The van der Waals surface area contributed by atoms with E-state index in [9.17, 15) is 4.79 Å². The maximum atomic E-state index is 10.8. The van der Waals surface area contributed by atoms with Crippen LogP contribution in [0.3, 0.4) is 0 Å². The van der Waals surface area contributed by atoms with Gasteiger partial charge in [0.2, 0.25) is 0 Å². The SMILES string of the molecule is C[C@H]1CCN1c1cc2ncc(C(=O)O)cc2cn1.[H-].[Li+]. The first kappa shape index (κ1) is 13.8. The second-order valence-corrected chi connectivity index (χ2v) is 4.60. The van der Waals surface area contributed by atoms with Gasteiger partial charge in [0, 0.05) is 36.4 Å². The summed E-state index contributed by atoms with van der Waals surface area (Å²) in [6, 6.07) is 4.03. The molecule has 0 spiro atoms. The van der Waals surface area contributed by atoms with Gasteiger partial charge in [0.15, 0.2) is 0 Å². The summed E-state index contributed by atoms with van der Waals surface area (Å²) in [4.78, 5) is 21.6. The molecule has 0 radical (unpaired) electrons. The fourth-order valence-electron chi connectivity index (χ4n) is 2.14. The molecule has 1 N–H and O–H groups in total. The van der Waals surface area contributed by atoms with Crippen LogP contribution >= 0.6 is 0 Å². The number of carboxylic acids is 1. The van der Waals surface area contributed by atoms with Gasteiger partial charge in [-0.25, -0.2) is 9.78 Å². The number of hydrogen-bond donors (Lipinski definition) is 1. The predicted molar refractivity (Wildman–Crippen MR) is 69.0 cm³/mol. The predicted octanol–water partition coefficient (Wildman–Crippen LogP) is -0.957. The number of carbonyl (C=O) groups is 1. The smallest absolute Gasteiger partial charge is 1.00 e. The molecule has 3 rings (SSSR count). The summed E-state index contributed by atoms with van der Waals surface area (Å²) in [6.07, 6.45) is 4.26. The molecule has 5 nitrogen and oxygen atoms in total. The van der Waals surface area contributed by atoms with Crippen LogP contribution in [0, 0.1) is 0 Å². The number of carboxylic acid groups (broad SMARTS) is 1. The molecular weight excluding hydrogens is 237 g/mol. The first-order valence-corrected chi connectivity index (χ1v) is 5.91. The third kappa shape index (κ3) is 2.44. The van der Waals surface area contributed by atoms with Crippen LogP contribution in [0.4, 0.5) is 5.82 Å². The number of aromatic carboxylic acids is 1. The second-order valence-electron chi connectivity index (χ2n) is 4.60. The van der Waals surface area contributed by atoms with Gasteiger partial charge in [-0.3, -0.25) is 4.98 Å². The number of pyridine rings is 2. The van der Waals surface area contributed by atoms with E-state index in [1.54, 1.807) is 12.3 Å². The summed E-state index contributed by atoms with van der Waals surface area (Å²) in [5.41, 5.74) is 0.971. The minimum absolute atomic E-state index is 0. The Labute approximate surface area is 124 Å². The molecule has 0 saturated carbocycles. The number of rotatable bonds is 2. The van der Waals surface area contributed by atoms with Crippen LogP contribution < -0.4 is 23.8 Å². The standard InChI is InChI=1S/C13H13N3O2.Li.H/c1-8-2-3-16(8)12-5-11-9(6-15-12)4-10(7-14-11)13(17)18;;/h4-8H,2-3H2,1H3,(H,17,18);;/q;+1;-1/t8-;;/m0../s1.